The number of esters is 2. The van der Waals surface area contributed by atoms with Gasteiger partial charge in [0.25, 0.3) is 0 Å². The second-order valence-corrected chi connectivity index (χ2v) is 19.4. The third-order valence-electron chi connectivity index (χ3n) is 11.9. The number of hydrogen-bond acceptors (Lipinski definition) is 7. The number of phosphoric acid groups is 1. The molecular formula is C51H101O8P. The van der Waals surface area contributed by atoms with E-state index in [1.54, 1.807) is 6.92 Å². The summed E-state index contributed by atoms with van der Waals surface area (Å²) in [5, 5.41) is 0. The molecule has 0 aliphatic heterocycles. The van der Waals surface area contributed by atoms with Gasteiger partial charge in [-0.1, -0.05) is 258 Å². The van der Waals surface area contributed by atoms with E-state index < -0.39 is 19.9 Å². The number of rotatable bonds is 50. The van der Waals surface area contributed by atoms with Crippen LogP contribution in [0.1, 0.15) is 290 Å². The molecule has 2 atom stereocenters. The first kappa shape index (κ1) is 59.0. The molecule has 0 fully saturated rings. The number of carbonyl (C=O) groups excluding carboxylic acids is 2. The summed E-state index contributed by atoms with van der Waals surface area (Å²) in [6.07, 6.45) is 51.7. The lowest BCUT2D eigenvalue weighted by atomic mass is 10.0. The van der Waals surface area contributed by atoms with Crippen LogP contribution >= 0.6 is 7.82 Å². The van der Waals surface area contributed by atoms with Crippen molar-refractivity contribution in [2.24, 2.45) is 0 Å². The van der Waals surface area contributed by atoms with Crippen molar-refractivity contribution >= 4 is 19.8 Å². The van der Waals surface area contributed by atoms with E-state index in [1.165, 1.54) is 218 Å². The monoisotopic (exact) mass is 873 g/mol. The van der Waals surface area contributed by atoms with Crippen LogP contribution in [0.3, 0.4) is 0 Å². The summed E-state index contributed by atoms with van der Waals surface area (Å²) in [6.45, 7) is 5.55. The van der Waals surface area contributed by atoms with Crippen LogP contribution in [0.25, 0.3) is 0 Å². The Bertz CT molecular complexity index is 946. The molecule has 0 aromatic rings. The molecule has 0 bridgehead atoms. The zero-order valence-electron chi connectivity index (χ0n) is 40.1. The first-order valence-electron chi connectivity index (χ1n) is 26.3. The van der Waals surface area contributed by atoms with Gasteiger partial charge in [0.15, 0.2) is 6.10 Å². The molecule has 9 heteroatoms. The Kier molecular flexibility index (Phi) is 46.8. The molecule has 358 valence electrons. The standard InChI is InChI=1S/C51H101O8P/c1-4-7-9-11-13-15-17-19-21-23-24-25-26-27-28-29-30-32-34-36-38-40-42-44-46-51(53)59-49(48-58-60(54,55)57-6-3)47-56-50(52)45-43-41-39-37-35-33-31-22-20-18-16-14-12-10-8-5-2/h49H,4-48H2,1-3H3,(H,54,55). The Balaban J connectivity index is 3.88. The van der Waals surface area contributed by atoms with Crippen LogP contribution in [-0.4, -0.2) is 42.8 Å². The molecule has 60 heavy (non-hydrogen) atoms. The van der Waals surface area contributed by atoms with Gasteiger partial charge in [0.05, 0.1) is 13.2 Å². The van der Waals surface area contributed by atoms with E-state index in [-0.39, 0.29) is 32.2 Å². The molecule has 0 spiro atoms. The molecular weight excluding hydrogens is 772 g/mol. The van der Waals surface area contributed by atoms with E-state index >= 15 is 0 Å². The quantitative estimate of drug-likeness (QED) is 0.0366. The fraction of sp³-hybridized carbons (Fsp3) is 0.961. The third-order valence-corrected chi connectivity index (χ3v) is 13.0. The lowest BCUT2D eigenvalue weighted by molar-refractivity contribution is -0.161. The lowest BCUT2D eigenvalue weighted by Gasteiger charge is -2.19. The zero-order valence-corrected chi connectivity index (χ0v) is 41.0. The minimum Gasteiger partial charge on any atom is -0.462 e. The summed E-state index contributed by atoms with van der Waals surface area (Å²) in [5.41, 5.74) is 0. The Morgan fingerprint density at radius 2 is 0.650 bits per heavy atom. The molecule has 0 saturated heterocycles. The van der Waals surface area contributed by atoms with Gasteiger partial charge in [-0.25, -0.2) is 4.57 Å². The van der Waals surface area contributed by atoms with E-state index in [1.807, 2.05) is 0 Å². The van der Waals surface area contributed by atoms with Crippen molar-refractivity contribution in [1.29, 1.82) is 0 Å². The summed E-state index contributed by atoms with van der Waals surface area (Å²) in [4.78, 5) is 34.9. The van der Waals surface area contributed by atoms with Crippen molar-refractivity contribution < 1.29 is 37.6 Å². The fourth-order valence-corrected chi connectivity index (χ4v) is 8.80. The molecule has 0 aliphatic rings. The number of phosphoric ester groups is 1. The second kappa shape index (κ2) is 47.5. The summed E-state index contributed by atoms with van der Waals surface area (Å²) in [7, 11) is -4.28. The Morgan fingerprint density at radius 1 is 0.383 bits per heavy atom. The van der Waals surface area contributed by atoms with Gasteiger partial charge in [0, 0.05) is 12.8 Å². The van der Waals surface area contributed by atoms with Crippen LogP contribution in [0.5, 0.6) is 0 Å². The third kappa shape index (κ3) is 46.6. The molecule has 1 N–H and O–H groups in total. The highest BCUT2D eigenvalue weighted by Gasteiger charge is 2.25. The molecule has 0 rings (SSSR count). The molecule has 0 aromatic heterocycles. The van der Waals surface area contributed by atoms with Crippen LogP contribution in [0.2, 0.25) is 0 Å². The van der Waals surface area contributed by atoms with Crippen molar-refractivity contribution in [2.45, 2.75) is 297 Å². The van der Waals surface area contributed by atoms with Crippen LogP contribution in [0.4, 0.5) is 0 Å². The van der Waals surface area contributed by atoms with Gasteiger partial charge in [0.1, 0.15) is 6.61 Å². The Labute approximate surface area is 372 Å². The highest BCUT2D eigenvalue weighted by Crippen LogP contribution is 2.43. The predicted octanol–water partition coefficient (Wildman–Crippen LogP) is 17.0. The van der Waals surface area contributed by atoms with Gasteiger partial charge in [-0.15, -0.1) is 0 Å². The summed E-state index contributed by atoms with van der Waals surface area (Å²) < 4.78 is 32.8. The van der Waals surface area contributed by atoms with Gasteiger partial charge in [-0.05, 0) is 19.8 Å². The molecule has 0 radical (unpaired) electrons. The van der Waals surface area contributed by atoms with Crippen molar-refractivity contribution in [3.8, 4) is 0 Å². The van der Waals surface area contributed by atoms with E-state index in [4.69, 9.17) is 18.5 Å². The average Bonchev–Trinajstić information content (AvgIpc) is 3.23. The van der Waals surface area contributed by atoms with Crippen LogP contribution < -0.4 is 0 Å². The van der Waals surface area contributed by atoms with E-state index in [2.05, 4.69) is 13.8 Å². The van der Waals surface area contributed by atoms with Gasteiger partial charge in [0.2, 0.25) is 0 Å². The first-order chi connectivity index (χ1) is 29.3. The van der Waals surface area contributed by atoms with E-state index in [9.17, 15) is 19.0 Å². The van der Waals surface area contributed by atoms with Crippen LogP contribution in [0.15, 0.2) is 0 Å². The maximum atomic E-state index is 12.6. The maximum absolute atomic E-state index is 12.6. The lowest BCUT2D eigenvalue weighted by Crippen LogP contribution is -2.29. The molecule has 8 nitrogen and oxygen atoms in total. The smallest absolute Gasteiger partial charge is 0.462 e. The van der Waals surface area contributed by atoms with Crippen molar-refractivity contribution in [3.63, 3.8) is 0 Å². The maximum Gasteiger partial charge on any atom is 0.472 e. The Hall–Kier alpha value is -0.950. The van der Waals surface area contributed by atoms with Crippen molar-refractivity contribution in [2.75, 3.05) is 19.8 Å². The predicted molar refractivity (Wildman–Crippen MR) is 254 cm³/mol. The normalized spacial score (nSPS) is 13.1. The van der Waals surface area contributed by atoms with Crippen molar-refractivity contribution in [3.05, 3.63) is 0 Å². The van der Waals surface area contributed by atoms with Gasteiger partial charge < -0.3 is 14.4 Å². The number of ether oxygens (including phenoxy) is 2. The average molecular weight is 873 g/mol. The van der Waals surface area contributed by atoms with Gasteiger partial charge in [-0.2, -0.15) is 0 Å². The minimum absolute atomic E-state index is 0.00604. The second-order valence-electron chi connectivity index (χ2n) is 17.9. The molecule has 0 aliphatic carbocycles. The Morgan fingerprint density at radius 3 is 0.933 bits per heavy atom. The van der Waals surface area contributed by atoms with Gasteiger partial charge >= 0.3 is 19.8 Å². The van der Waals surface area contributed by atoms with E-state index in [0.717, 1.165) is 38.5 Å². The van der Waals surface area contributed by atoms with Crippen LogP contribution in [-0.2, 0) is 32.7 Å². The summed E-state index contributed by atoms with van der Waals surface area (Å²) in [6, 6.07) is 0. The zero-order chi connectivity index (χ0) is 43.9. The highest BCUT2D eigenvalue weighted by atomic mass is 31.2. The topological polar surface area (TPSA) is 108 Å². The number of carbonyl (C=O) groups is 2. The molecule has 0 saturated carbocycles. The summed E-state index contributed by atoms with van der Waals surface area (Å²) >= 11 is 0. The SMILES string of the molecule is CCCCCCCCCCCCCCCCCCCCCCCCCCC(=O)OC(COC(=O)CCCCCCCCCCCCCCCCCC)COP(=O)(O)OCC. The first-order valence-corrected chi connectivity index (χ1v) is 27.8. The molecule has 0 heterocycles. The number of unbranched alkanes of at least 4 members (excludes halogenated alkanes) is 38. The number of hydrogen-bond donors (Lipinski definition) is 1. The fourth-order valence-electron chi connectivity index (χ4n) is 8.05. The highest BCUT2D eigenvalue weighted by molar-refractivity contribution is 7.47. The van der Waals surface area contributed by atoms with Gasteiger partial charge in [-0.3, -0.25) is 18.6 Å². The molecule has 0 aromatic carbocycles. The molecule has 2 unspecified atom stereocenters. The summed E-state index contributed by atoms with van der Waals surface area (Å²) in [5.74, 6) is -0.774. The minimum atomic E-state index is -4.28. The van der Waals surface area contributed by atoms with Crippen molar-refractivity contribution in [1.82, 2.24) is 0 Å². The largest absolute Gasteiger partial charge is 0.472 e. The molecule has 0 amide bonds. The van der Waals surface area contributed by atoms with E-state index in [0.29, 0.717) is 6.42 Å². The van der Waals surface area contributed by atoms with Crippen LogP contribution in [0, 0.1) is 0 Å².